The van der Waals surface area contributed by atoms with Crippen molar-refractivity contribution >= 4 is 11.8 Å². The topological polar surface area (TPSA) is 27.0 Å². The van der Waals surface area contributed by atoms with Crippen molar-refractivity contribution in [2.24, 2.45) is 5.92 Å². The summed E-state index contributed by atoms with van der Waals surface area (Å²) < 4.78 is 35.2. The van der Waals surface area contributed by atoms with Gasteiger partial charge in [0.1, 0.15) is 0 Å². The van der Waals surface area contributed by atoms with Crippen LogP contribution in [-0.4, -0.2) is 36.3 Å². The Kier molecular flexibility index (Phi) is 5.96. The van der Waals surface area contributed by atoms with Gasteiger partial charge >= 0.3 is 5.51 Å². The molecule has 82 valence electrons. The van der Waals surface area contributed by atoms with Crippen LogP contribution in [0.3, 0.4) is 0 Å². The summed E-state index contributed by atoms with van der Waals surface area (Å²) in [6.07, 6.45) is 0. The molecule has 0 spiro atoms. The van der Waals surface area contributed by atoms with E-state index in [0.29, 0.717) is 13.1 Å². The van der Waals surface area contributed by atoms with Crippen LogP contribution < -0.4 is 0 Å². The van der Waals surface area contributed by atoms with Gasteiger partial charge < -0.3 is 4.90 Å². The smallest absolute Gasteiger partial charge is 0.304 e. The highest BCUT2D eigenvalue weighted by Gasteiger charge is 2.27. The maximum atomic E-state index is 11.7. The fourth-order valence-corrected chi connectivity index (χ4v) is 1.55. The maximum absolute atomic E-state index is 11.7. The van der Waals surface area contributed by atoms with E-state index >= 15 is 0 Å². The first-order valence-electron chi connectivity index (χ1n) is 4.14. The van der Waals surface area contributed by atoms with Crippen LogP contribution in [0.15, 0.2) is 0 Å². The number of nitriles is 1. The second-order valence-corrected chi connectivity index (χ2v) is 4.25. The number of thioether (sulfide) groups is 1. The van der Waals surface area contributed by atoms with Crippen LogP contribution in [-0.2, 0) is 0 Å². The third-order valence-electron chi connectivity index (χ3n) is 1.54. The first-order chi connectivity index (χ1) is 6.35. The van der Waals surface area contributed by atoms with Crippen molar-refractivity contribution in [3.63, 3.8) is 0 Å². The summed E-state index contributed by atoms with van der Waals surface area (Å²) in [5, 5.41) is 8.48. The molecule has 0 aromatic carbocycles. The number of hydrogen-bond donors (Lipinski definition) is 0. The maximum Gasteiger partial charge on any atom is 0.441 e. The normalized spacial score (nSPS) is 14.1. The Morgan fingerprint density at radius 3 is 2.50 bits per heavy atom. The molecule has 0 aromatic rings. The lowest BCUT2D eigenvalue weighted by Gasteiger charge is -2.17. The molecule has 0 saturated carbocycles. The molecule has 0 aliphatic rings. The van der Waals surface area contributed by atoms with E-state index in [4.69, 9.17) is 5.26 Å². The molecule has 0 aliphatic carbocycles. The van der Waals surface area contributed by atoms with E-state index in [9.17, 15) is 13.2 Å². The van der Waals surface area contributed by atoms with E-state index in [1.165, 1.54) is 0 Å². The van der Waals surface area contributed by atoms with Gasteiger partial charge in [0.2, 0.25) is 0 Å². The molecule has 0 amide bonds. The van der Waals surface area contributed by atoms with E-state index in [1.54, 1.807) is 18.9 Å². The van der Waals surface area contributed by atoms with Gasteiger partial charge in [0.15, 0.2) is 0 Å². The summed E-state index contributed by atoms with van der Waals surface area (Å²) in [7, 11) is 1.71. The fourth-order valence-electron chi connectivity index (χ4n) is 0.917. The van der Waals surface area contributed by atoms with Crippen LogP contribution in [0.1, 0.15) is 6.92 Å². The molecule has 14 heavy (non-hydrogen) atoms. The van der Waals surface area contributed by atoms with Gasteiger partial charge in [-0.05, 0) is 25.7 Å². The van der Waals surface area contributed by atoms with Crippen molar-refractivity contribution in [3.05, 3.63) is 0 Å². The standard InChI is InChI=1S/C8H13F3N2S/c1-7(5-12)6-13(2)3-4-14-8(9,10)11/h7H,3-4,6H2,1-2H3. The van der Waals surface area contributed by atoms with Crippen molar-refractivity contribution in [1.29, 1.82) is 5.26 Å². The summed E-state index contributed by atoms with van der Waals surface area (Å²) >= 11 is -0.0280. The minimum atomic E-state index is -4.15. The predicted octanol–water partition coefficient (Wildman–Crippen LogP) is 2.33. The Morgan fingerprint density at radius 1 is 1.50 bits per heavy atom. The third-order valence-corrected chi connectivity index (χ3v) is 2.26. The molecule has 0 aliphatic heterocycles. The Labute approximate surface area is 86.1 Å². The average Bonchev–Trinajstić information content (AvgIpc) is 2.01. The van der Waals surface area contributed by atoms with E-state index < -0.39 is 5.51 Å². The third kappa shape index (κ3) is 8.20. The van der Waals surface area contributed by atoms with Gasteiger partial charge in [0, 0.05) is 18.8 Å². The van der Waals surface area contributed by atoms with Crippen LogP contribution in [0.2, 0.25) is 0 Å². The molecule has 0 radical (unpaired) electrons. The summed E-state index contributed by atoms with van der Waals surface area (Å²) in [6, 6.07) is 2.03. The van der Waals surface area contributed by atoms with Crippen molar-refractivity contribution in [2.45, 2.75) is 12.4 Å². The second kappa shape index (κ2) is 6.14. The summed E-state index contributed by atoms with van der Waals surface area (Å²) in [5.74, 6) is -0.131. The summed E-state index contributed by atoms with van der Waals surface area (Å²) in [6.45, 7) is 2.60. The van der Waals surface area contributed by atoms with Crippen LogP contribution in [0.25, 0.3) is 0 Å². The quantitative estimate of drug-likeness (QED) is 0.720. The van der Waals surface area contributed by atoms with Crippen LogP contribution >= 0.6 is 11.8 Å². The minimum Gasteiger partial charge on any atom is -0.304 e. The lowest BCUT2D eigenvalue weighted by Crippen LogP contribution is -2.26. The number of nitrogens with zero attached hydrogens (tertiary/aromatic N) is 2. The predicted molar refractivity (Wildman–Crippen MR) is 50.8 cm³/mol. The molecule has 0 fully saturated rings. The number of rotatable bonds is 5. The molecular formula is C8H13F3N2S. The first kappa shape index (κ1) is 13.6. The molecule has 0 saturated heterocycles. The Balaban J connectivity index is 3.56. The molecular weight excluding hydrogens is 213 g/mol. The zero-order valence-corrected chi connectivity index (χ0v) is 8.95. The Bertz CT molecular complexity index is 200. The highest BCUT2D eigenvalue weighted by Crippen LogP contribution is 2.29. The van der Waals surface area contributed by atoms with Gasteiger partial charge in [-0.2, -0.15) is 18.4 Å². The molecule has 2 nitrogen and oxygen atoms in total. The van der Waals surface area contributed by atoms with Crippen LogP contribution in [0.5, 0.6) is 0 Å². The molecule has 0 heterocycles. The average molecular weight is 226 g/mol. The lowest BCUT2D eigenvalue weighted by molar-refractivity contribution is -0.0328. The van der Waals surface area contributed by atoms with Gasteiger partial charge in [0.25, 0.3) is 0 Å². The number of alkyl halides is 3. The van der Waals surface area contributed by atoms with Crippen molar-refractivity contribution < 1.29 is 13.2 Å². The van der Waals surface area contributed by atoms with Gasteiger partial charge in [0.05, 0.1) is 12.0 Å². The largest absolute Gasteiger partial charge is 0.441 e. The molecule has 1 atom stereocenters. The highest BCUT2D eigenvalue weighted by molar-refractivity contribution is 8.00. The second-order valence-electron chi connectivity index (χ2n) is 3.09. The zero-order chi connectivity index (χ0) is 11.2. The molecule has 6 heteroatoms. The fraction of sp³-hybridized carbons (Fsp3) is 0.875. The van der Waals surface area contributed by atoms with E-state index in [2.05, 4.69) is 0 Å². The van der Waals surface area contributed by atoms with Crippen LogP contribution in [0, 0.1) is 17.2 Å². The molecule has 0 aromatic heterocycles. The summed E-state index contributed by atoms with van der Waals surface area (Å²) in [4.78, 5) is 1.73. The van der Waals surface area contributed by atoms with Crippen molar-refractivity contribution in [2.75, 3.05) is 25.9 Å². The monoisotopic (exact) mass is 226 g/mol. The minimum absolute atomic E-state index is 0.0121. The number of halogens is 3. The first-order valence-corrected chi connectivity index (χ1v) is 5.12. The van der Waals surface area contributed by atoms with Gasteiger partial charge in [-0.3, -0.25) is 0 Å². The molecule has 0 rings (SSSR count). The van der Waals surface area contributed by atoms with Crippen LogP contribution in [0.4, 0.5) is 13.2 Å². The zero-order valence-electron chi connectivity index (χ0n) is 8.14. The van der Waals surface area contributed by atoms with Gasteiger partial charge in [-0.25, -0.2) is 0 Å². The van der Waals surface area contributed by atoms with Crippen molar-refractivity contribution in [3.8, 4) is 6.07 Å². The molecule has 1 unspecified atom stereocenters. The SMILES string of the molecule is CC(C#N)CN(C)CCSC(F)(F)F. The van der Waals surface area contributed by atoms with E-state index in [1.807, 2.05) is 6.07 Å². The Morgan fingerprint density at radius 2 is 2.07 bits per heavy atom. The summed E-state index contributed by atoms with van der Waals surface area (Å²) in [5.41, 5.74) is -4.15. The van der Waals surface area contributed by atoms with Crippen molar-refractivity contribution in [1.82, 2.24) is 4.90 Å². The molecule has 0 N–H and O–H groups in total. The number of hydrogen-bond acceptors (Lipinski definition) is 3. The van der Waals surface area contributed by atoms with E-state index in [-0.39, 0.29) is 23.4 Å². The molecule has 0 bridgehead atoms. The van der Waals surface area contributed by atoms with E-state index in [0.717, 1.165) is 0 Å². The highest BCUT2D eigenvalue weighted by atomic mass is 32.2. The van der Waals surface area contributed by atoms with Gasteiger partial charge in [-0.1, -0.05) is 0 Å². The van der Waals surface area contributed by atoms with Gasteiger partial charge in [-0.15, -0.1) is 0 Å². The Hall–Kier alpha value is -0.410. The lowest BCUT2D eigenvalue weighted by atomic mass is 10.2.